The van der Waals surface area contributed by atoms with Crippen molar-refractivity contribution in [1.82, 2.24) is 4.90 Å². The van der Waals surface area contributed by atoms with Crippen LogP contribution in [-0.4, -0.2) is 23.1 Å². The first-order valence-electron chi connectivity index (χ1n) is 11.4. The maximum atomic E-state index is 12.5. The van der Waals surface area contributed by atoms with E-state index in [9.17, 15) is 4.79 Å². The van der Waals surface area contributed by atoms with E-state index in [-0.39, 0.29) is 6.09 Å². The third-order valence-corrected chi connectivity index (χ3v) is 6.41. The topological polar surface area (TPSA) is 29.5 Å². The molecule has 3 heteroatoms. The fraction of sp³-hybridized carbons (Fsp3) is 0.345. The van der Waals surface area contributed by atoms with Crippen molar-refractivity contribution in [2.45, 2.75) is 60.1 Å². The van der Waals surface area contributed by atoms with Gasteiger partial charge in [-0.1, -0.05) is 54.6 Å². The highest BCUT2D eigenvalue weighted by atomic mass is 16.6. The van der Waals surface area contributed by atoms with E-state index in [1.807, 2.05) is 20.8 Å². The van der Waals surface area contributed by atoms with Gasteiger partial charge in [0.15, 0.2) is 0 Å². The first-order valence-corrected chi connectivity index (χ1v) is 11.4. The van der Waals surface area contributed by atoms with Crippen LogP contribution in [0.3, 0.4) is 0 Å². The predicted molar refractivity (Wildman–Crippen MR) is 132 cm³/mol. The summed E-state index contributed by atoms with van der Waals surface area (Å²) < 4.78 is 5.56. The molecule has 0 aliphatic carbocycles. The lowest BCUT2D eigenvalue weighted by Gasteiger charge is -2.31. The second-order valence-electron chi connectivity index (χ2n) is 9.86. The van der Waals surface area contributed by atoms with Gasteiger partial charge in [-0.25, -0.2) is 4.79 Å². The van der Waals surface area contributed by atoms with Gasteiger partial charge >= 0.3 is 6.09 Å². The van der Waals surface area contributed by atoms with Crippen molar-refractivity contribution >= 4 is 6.09 Å². The first-order chi connectivity index (χ1) is 15.1. The number of rotatable bonds is 2. The molecule has 0 saturated heterocycles. The van der Waals surface area contributed by atoms with Gasteiger partial charge in [-0.2, -0.15) is 0 Å². The third kappa shape index (κ3) is 4.43. The lowest BCUT2D eigenvalue weighted by Crippen LogP contribution is -2.39. The number of ether oxygens (including phenoxy) is 1. The zero-order valence-corrected chi connectivity index (χ0v) is 20.1. The summed E-state index contributed by atoms with van der Waals surface area (Å²) in [6.45, 7) is 13.6. The minimum atomic E-state index is -0.473. The summed E-state index contributed by atoms with van der Waals surface area (Å²) >= 11 is 0. The number of aryl methyl sites for hydroxylation is 1. The Morgan fingerprint density at radius 3 is 2.22 bits per heavy atom. The van der Waals surface area contributed by atoms with Crippen LogP contribution < -0.4 is 0 Å². The van der Waals surface area contributed by atoms with E-state index in [0.717, 1.165) is 6.42 Å². The molecule has 0 bridgehead atoms. The van der Waals surface area contributed by atoms with E-state index in [1.165, 1.54) is 50.1 Å². The van der Waals surface area contributed by atoms with Crippen molar-refractivity contribution in [1.29, 1.82) is 0 Å². The number of hydrogen-bond donors (Lipinski definition) is 0. The SMILES string of the molecule is Cc1cccc(-c2cccc(-c3ccc4c(c3)CCN(C(=O)OC(C)(C)C)C4)c2C)c1C. The lowest BCUT2D eigenvalue weighted by molar-refractivity contribution is 0.0224. The number of fused-ring (bicyclic) bond motifs is 1. The Bertz CT molecular complexity index is 1170. The lowest BCUT2D eigenvalue weighted by atomic mass is 9.88. The summed E-state index contributed by atoms with van der Waals surface area (Å²) in [4.78, 5) is 14.3. The summed E-state index contributed by atoms with van der Waals surface area (Å²) in [5, 5.41) is 0. The maximum Gasteiger partial charge on any atom is 0.410 e. The van der Waals surface area contributed by atoms with Crippen LogP contribution in [-0.2, 0) is 17.7 Å². The molecule has 0 aromatic heterocycles. The molecule has 1 heterocycles. The van der Waals surface area contributed by atoms with Crippen molar-refractivity contribution in [3.05, 3.63) is 82.4 Å². The number of hydrogen-bond acceptors (Lipinski definition) is 2. The predicted octanol–water partition coefficient (Wildman–Crippen LogP) is 7.24. The van der Waals surface area contributed by atoms with Gasteiger partial charge in [0.2, 0.25) is 0 Å². The fourth-order valence-corrected chi connectivity index (χ4v) is 4.49. The maximum absolute atomic E-state index is 12.5. The van der Waals surface area contributed by atoms with Crippen molar-refractivity contribution in [2.24, 2.45) is 0 Å². The molecule has 3 nitrogen and oxygen atoms in total. The quantitative estimate of drug-likeness (QED) is 0.431. The minimum Gasteiger partial charge on any atom is -0.444 e. The molecule has 3 aromatic rings. The van der Waals surface area contributed by atoms with E-state index in [4.69, 9.17) is 4.74 Å². The molecule has 1 aliphatic heterocycles. The number of carbonyl (C=O) groups excluding carboxylic acids is 1. The second-order valence-corrected chi connectivity index (χ2v) is 9.86. The van der Waals surface area contributed by atoms with E-state index >= 15 is 0 Å². The Morgan fingerprint density at radius 2 is 1.50 bits per heavy atom. The Balaban J connectivity index is 1.63. The Labute approximate surface area is 192 Å². The van der Waals surface area contributed by atoms with E-state index in [1.54, 1.807) is 4.90 Å². The molecule has 166 valence electrons. The molecular weight excluding hydrogens is 394 g/mol. The van der Waals surface area contributed by atoms with Gasteiger partial charge in [-0.05, 0) is 98.0 Å². The number of nitrogens with zero attached hydrogens (tertiary/aromatic N) is 1. The monoisotopic (exact) mass is 427 g/mol. The van der Waals surface area contributed by atoms with Crippen molar-refractivity contribution < 1.29 is 9.53 Å². The van der Waals surface area contributed by atoms with Gasteiger partial charge in [0.25, 0.3) is 0 Å². The summed E-state index contributed by atoms with van der Waals surface area (Å²) in [7, 11) is 0. The second kappa shape index (κ2) is 8.46. The molecule has 1 aliphatic rings. The van der Waals surface area contributed by atoms with Crippen LogP contribution >= 0.6 is 0 Å². The van der Waals surface area contributed by atoms with Crippen LogP contribution in [0.4, 0.5) is 4.79 Å². The first kappa shape index (κ1) is 22.1. The Hall–Kier alpha value is -3.07. The van der Waals surface area contributed by atoms with Crippen LogP contribution in [0.2, 0.25) is 0 Å². The molecule has 0 unspecified atom stereocenters. The van der Waals surface area contributed by atoms with Crippen molar-refractivity contribution in [3.8, 4) is 22.3 Å². The molecule has 0 saturated carbocycles. The normalized spacial score (nSPS) is 13.6. The summed E-state index contributed by atoms with van der Waals surface area (Å²) in [6.07, 6.45) is 0.613. The molecule has 3 aromatic carbocycles. The summed E-state index contributed by atoms with van der Waals surface area (Å²) in [5.41, 5.74) is 11.1. The van der Waals surface area contributed by atoms with Crippen molar-refractivity contribution in [3.63, 3.8) is 0 Å². The van der Waals surface area contributed by atoms with Gasteiger partial charge in [-0.15, -0.1) is 0 Å². The smallest absolute Gasteiger partial charge is 0.410 e. The van der Waals surface area contributed by atoms with E-state index < -0.39 is 5.60 Å². The molecule has 0 spiro atoms. The molecule has 32 heavy (non-hydrogen) atoms. The molecule has 0 fully saturated rings. The number of amides is 1. The summed E-state index contributed by atoms with van der Waals surface area (Å²) in [6, 6.07) is 19.8. The fourth-order valence-electron chi connectivity index (χ4n) is 4.49. The standard InChI is InChI=1S/C29H33NO2/c1-19-9-7-11-26(20(19)2)27-12-8-10-25(21(27)3)23-13-14-24-18-30(16-15-22(24)17-23)28(31)32-29(4,5)6/h7-14,17H,15-16,18H2,1-6H3. The summed E-state index contributed by atoms with van der Waals surface area (Å²) in [5.74, 6) is 0. The zero-order valence-electron chi connectivity index (χ0n) is 20.1. The largest absolute Gasteiger partial charge is 0.444 e. The van der Waals surface area contributed by atoms with Gasteiger partial charge < -0.3 is 9.64 Å². The molecule has 1 amide bonds. The highest BCUT2D eigenvalue weighted by Crippen LogP contribution is 2.35. The van der Waals surface area contributed by atoms with Crippen LogP contribution in [0.25, 0.3) is 22.3 Å². The minimum absolute atomic E-state index is 0.232. The van der Waals surface area contributed by atoms with Crippen LogP contribution in [0.15, 0.2) is 54.6 Å². The average molecular weight is 428 g/mol. The zero-order chi connectivity index (χ0) is 23.0. The van der Waals surface area contributed by atoms with Gasteiger partial charge in [0, 0.05) is 13.1 Å². The molecule has 4 rings (SSSR count). The van der Waals surface area contributed by atoms with Gasteiger partial charge in [0.05, 0.1) is 0 Å². The Morgan fingerprint density at radius 1 is 0.844 bits per heavy atom. The highest BCUT2D eigenvalue weighted by molar-refractivity contribution is 5.80. The van der Waals surface area contributed by atoms with Gasteiger partial charge in [-0.3, -0.25) is 0 Å². The number of carbonyl (C=O) groups is 1. The third-order valence-electron chi connectivity index (χ3n) is 6.41. The van der Waals surface area contributed by atoms with Crippen molar-refractivity contribution in [2.75, 3.05) is 6.54 Å². The molecule has 0 radical (unpaired) electrons. The van der Waals surface area contributed by atoms with Gasteiger partial charge in [0.1, 0.15) is 5.60 Å². The highest BCUT2D eigenvalue weighted by Gasteiger charge is 2.26. The van der Waals surface area contributed by atoms with E-state index in [2.05, 4.69) is 75.4 Å². The number of benzene rings is 3. The van der Waals surface area contributed by atoms with Crippen LogP contribution in [0.5, 0.6) is 0 Å². The molecule has 0 N–H and O–H groups in total. The average Bonchev–Trinajstić information content (AvgIpc) is 2.74. The molecule has 0 atom stereocenters. The van der Waals surface area contributed by atoms with Crippen LogP contribution in [0, 0.1) is 20.8 Å². The van der Waals surface area contributed by atoms with E-state index in [0.29, 0.717) is 13.1 Å². The van der Waals surface area contributed by atoms with Crippen LogP contribution in [0.1, 0.15) is 48.6 Å². The Kier molecular flexibility index (Phi) is 5.85. The molecular formula is C29H33NO2.